The fourth-order valence-electron chi connectivity index (χ4n) is 4.12. The lowest BCUT2D eigenvalue weighted by atomic mass is 9.74. The van der Waals surface area contributed by atoms with Crippen LogP contribution in [0.2, 0.25) is 0 Å². The molecule has 2 aromatic rings. The van der Waals surface area contributed by atoms with Gasteiger partial charge in [0.1, 0.15) is 5.75 Å². The molecule has 164 valence electrons. The summed E-state index contributed by atoms with van der Waals surface area (Å²) in [5, 5.41) is 10.1. The Balaban J connectivity index is 1.89. The summed E-state index contributed by atoms with van der Waals surface area (Å²) >= 11 is 1.80. The molecule has 2 N–H and O–H groups in total. The first-order valence-electron chi connectivity index (χ1n) is 10.3. The van der Waals surface area contributed by atoms with Crippen molar-refractivity contribution >= 4 is 21.8 Å². The van der Waals surface area contributed by atoms with Crippen LogP contribution in [0.5, 0.6) is 5.75 Å². The van der Waals surface area contributed by atoms with Gasteiger partial charge in [0.15, 0.2) is 0 Å². The SMILES string of the molecule is CCSC[C@H](CO)[C@@H]1C[C@H](NS(=O)(=O)c2ccc(C)cc2)Cc2ccc(OC)cc21. The molecule has 0 spiro atoms. The third-order valence-corrected chi connectivity index (χ3v) is 8.36. The molecule has 0 aromatic heterocycles. The van der Waals surface area contributed by atoms with E-state index in [1.54, 1.807) is 31.0 Å². The van der Waals surface area contributed by atoms with Crippen LogP contribution in [-0.4, -0.2) is 44.8 Å². The van der Waals surface area contributed by atoms with Gasteiger partial charge in [-0.2, -0.15) is 11.8 Å². The van der Waals surface area contributed by atoms with Gasteiger partial charge in [0.25, 0.3) is 0 Å². The van der Waals surface area contributed by atoms with E-state index in [1.807, 2.05) is 37.3 Å². The van der Waals surface area contributed by atoms with Crippen molar-refractivity contribution in [3.63, 3.8) is 0 Å². The highest BCUT2D eigenvalue weighted by molar-refractivity contribution is 7.99. The monoisotopic (exact) mass is 449 g/mol. The molecule has 0 bridgehead atoms. The Morgan fingerprint density at radius 2 is 1.97 bits per heavy atom. The molecule has 0 fully saturated rings. The van der Waals surface area contributed by atoms with Crippen LogP contribution in [0.1, 0.15) is 36.0 Å². The first-order chi connectivity index (χ1) is 14.4. The zero-order valence-corrected chi connectivity index (χ0v) is 19.4. The van der Waals surface area contributed by atoms with Crippen molar-refractivity contribution < 1.29 is 18.3 Å². The van der Waals surface area contributed by atoms with E-state index in [1.165, 1.54) is 0 Å². The van der Waals surface area contributed by atoms with E-state index in [9.17, 15) is 13.5 Å². The smallest absolute Gasteiger partial charge is 0.240 e. The van der Waals surface area contributed by atoms with Gasteiger partial charge in [-0.3, -0.25) is 0 Å². The van der Waals surface area contributed by atoms with Crippen molar-refractivity contribution in [3.05, 3.63) is 59.2 Å². The van der Waals surface area contributed by atoms with E-state index in [4.69, 9.17) is 4.74 Å². The van der Waals surface area contributed by atoms with Gasteiger partial charge in [-0.05, 0) is 78.5 Å². The van der Waals surface area contributed by atoms with Gasteiger partial charge >= 0.3 is 0 Å². The highest BCUT2D eigenvalue weighted by Gasteiger charge is 2.34. The van der Waals surface area contributed by atoms with Gasteiger partial charge in [-0.25, -0.2) is 13.1 Å². The molecule has 5 nitrogen and oxygen atoms in total. The molecule has 0 unspecified atom stereocenters. The molecule has 0 amide bonds. The number of fused-ring (bicyclic) bond motifs is 1. The first kappa shape index (κ1) is 23.1. The number of hydrogen-bond donors (Lipinski definition) is 2. The number of nitrogens with one attached hydrogen (secondary N) is 1. The molecule has 0 radical (unpaired) electrons. The van der Waals surface area contributed by atoms with Crippen LogP contribution in [0.25, 0.3) is 0 Å². The second-order valence-electron chi connectivity index (χ2n) is 7.84. The number of benzene rings is 2. The number of aryl methyl sites for hydroxylation is 1. The summed E-state index contributed by atoms with van der Waals surface area (Å²) in [6.45, 7) is 4.12. The van der Waals surface area contributed by atoms with Crippen molar-refractivity contribution in [3.8, 4) is 5.75 Å². The zero-order chi connectivity index (χ0) is 21.7. The van der Waals surface area contributed by atoms with Gasteiger partial charge < -0.3 is 9.84 Å². The van der Waals surface area contributed by atoms with Crippen LogP contribution < -0.4 is 9.46 Å². The minimum atomic E-state index is -3.61. The maximum absolute atomic E-state index is 13.0. The number of hydrogen-bond acceptors (Lipinski definition) is 5. The first-order valence-corrected chi connectivity index (χ1v) is 13.0. The van der Waals surface area contributed by atoms with Gasteiger partial charge in [0.05, 0.1) is 12.0 Å². The molecule has 1 aliphatic carbocycles. The number of sulfonamides is 1. The summed E-state index contributed by atoms with van der Waals surface area (Å²) in [7, 11) is -1.96. The molecular weight excluding hydrogens is 418 g/mol. The molecular formula is C23H31NO4S2. The summed E-state index contributed by atoms with van der Waals surface area (Å²) in [6, 6.07) is 12.7. The topological polar surface area (TPSA) is 75.6 Å². The maximum Gasteiger partial charge on any atom is 0.240 e. The Morgan fingerprint density at radius 3 is 2.60 bits per heavy atom. The zero-order valence-electron chi connectivity index (χ0n) is 17.8. The highest BCUT2D eigenvalue weighted by Crippen LogP contribution is 2.40. The Labute approximate surface area is 184 Å². The van der Waals surface area contributed by atoms with Gasteiger partial charge in [-0.15, -0.1) is 0 Å². The lowest BCUT2D eigenvalue weighted by molar-refractivity contribution is 0.206. The van der Waals surface area contributed by atoms with Crippen molar-refractivity contribution in [2.75, 3.05) is 25.2 Å². The molecule has 0 heterocycles. The standard InChI is InChI=1S/C23H31NO4S2/c1-4-29-15-18(14-25)22-12-19(11-17-7-8-20(28-3)13-23(17)22)24-30(26,27)21-9-5-16(2)6-10-21/h5-10,13,18-19,22,24-25H,4,11-12,14-15H2,1-3H3/t18-,19+,22-/m0/s1. The summed E-state index contributed by atoms with van der Waals surface area (Å²) in [5.41, 5.74) is 3.30. The van der Waals surface area contributed by atoms with E-state index < -0.39 is 10.0 Å². The van der Waals surface area contributed by atoms with Gasteiger partial charge in [-0.1, -0.05) is 30.7 Å². The predicted octanol–water partition coefficient (Wildman–Crippen LogP) is 3.74. The molecule has 2 aromatic carbocycles. The average Bonchev–Trinajstić information content (AvgIpc) is 2.74. The van der Waals surface area contributed by atoms with E-state index in [0.717, 1.165) is 33.9 Å². The summed E-state index contributed by atoms with van der Waals surface area (Å²) in [4.78, 5) is 0.283. The van der Waals surface area contributed by atoms with Crippen LogP contribution in [0.4, 0.5) is 0 Å². The van der Waals surface area contributed by atoms with E-state index >= 15 is 0 Å². The Kier molecular flexibility index (Phi) is 7.85. The average molecular weight is 450 g/mol. The fraction of sp³-hybridized carbons (Fsp3) is 0.478. The molecule has 30 heavy (non-hydrogen) atoms. The van der Waals surface area contributed by atoms with Crippen molar-refractivity contribution in [2.24, 2.45) is 5.92 Å². The van der Waals surface area contributed by atoms with Crippen molar-refractivity contribution in [1.82, 2.24) is 4.72 Å². The Hall–Kier alpha value is -1.54. The molecule has 3 rings (SSSR count). The summed E-state index contributed by atoms with van der Waals surface area (Å²) in [6.07, 6.45) is 1.28. The number of aliphatic hydroxyl groups is 1. The number of methoxy groups -OCH3 is 1. The van der Waals surface area contributed by atoms with Crippen molar-refractivity contribution in [1.29, 1.82) is 0 Å². The Morgan fingerprint density at radius 1 is 1.23 bits per heavy atom. The molecule has 1 aliphatic rings. The third-order valence-electron chi connectivity index (χ3n) is 5.75. The number of thioether (sulfide) groups is 1. The minimum Gasteiger partial charge on any atom is -0.497 e. The maximum atomic E-state index is 13.0. The largest absolute Gasteiger partial charge is 0.497 e. The second kappa shape index (κ2) is 10.2. The van der Waals surface area contributed by atoms with E-state index in [0.29, 0.717) is 12.8 Å². The number of rotatable bonds is 9. The molecule has 0 saturated carbocycles. The minimum absolute atomic E-state index is 0.0625. The van der Waals surface area contributed by atoms with E-state index in [-0.39, 0.29) is 29.4 Å². The van der Waals surface area contributed by atoms with Crippen LogP contribution >= 0.6 is 11.8 Å². The Bertz CT molecular complexity index is 944. The molecule has 0 saturated heterocycles. The molecule has 3 atom stereocenters. The lowest BCUT2D eigenvalue weighted by Crippen LogP contribution is -2.41. The number of ether oxygens (including phenoxy) is 1. The molecule has 7 heteroatoms. The van der Waals surface area contributed by atoms with Crippen LogP contribution in [0, 0.1) is 12.8 Å². The number of aliphatic hydroxyl groups excluding tert-OH is 1. The van der Waals surface area contributed by atoms with Gasteiger partial charge in [0, 0.05) is 12.6 Å². The fourth-order valence-corrected chi connectivity index (χ4v) is 6.24. The van der Waals surface area contributed by atoms with Crippen molar-refractivity contribution in [2.45, 2.75) is 43.5 Å². The van der Waals surface area contributed by atoms with Crippen LogP contribution in [0.15, 0.2) is 47.4 Å². The summed E-state index contributed by atoms with van der Waals surface area (Å²) < 4.78 is 34.3. The highest BCUT2D eigenvalue weighted by atomic mass is 32.2. The van der Waals surface area contributed by atoms with E-state index in [2.05, 4.69) is 11.6 Å². The van der Waals surface area contributed by atoms with Crippen LogP contribution in [-0.2, 0) is 16.4 Å². The predicted molar refractivity (Wildman–Crippen MR) is 123 cm³/mol. The van der Waals surface area contributed by atoms with Gasteiger partial charge in [0.2, 0.25) is 10.0 Å². The normalized spacial score (nSPS) is 19.9. The second-order valence-corrected chi connectivity index (χ2v) is 10.9. The lowest BCUT2D eigenvalue weighted by Gasteiger charge is -2.36. The third kappa shape index (κ3) is 5.38. The quantitative estimate of drug-likeness (QED) is 0.610. The summed E-state index contributed by atoms with van der Waals surface area (Å²) in [5.74, 6) is 2.74. The van der Waals surface area contributed by atoms with Crippen LogP contribution in [0.3, 0.4) is 0 Å². The molecule has 0 aliphatic heterocycles.